The number of nitrogens with zero attached hydrogens (tertiary/aromatic N) is 3. The fourth-order valence-electron chi connectivity index (χ4n) is 3.36. The van der Waals surface area contributed by atoms with Gasteiger partial charge in [0.25, 0.3) is 0 Å². The highest BCUT2D eigenvalue weighted by atomic mass is 35.5. The van der Waals surface area contributed by atoms with Gasteiger partial charge in [0.1, 0.15) is 0 Å². The van der Waals surface area contributed by atoms with Gasteiger partial charge in [-0.25, -0.2) is 0 Å². The Bertz CT molecular complexity index is 650. The van der Waals surface area contributed by atoms with E-state index in [1.807, 2.05) is 30.5 Å². The number of aliphatic hydroxyl groups is 1. The lowest BCUT2D eigenvalue weighted by Crippen LogP contribution is -2.48. The number of aromatic nitrogens is 1. The van der Waals surface area contributed by atoms with E-state index in [0.29, 0.717) is 13.2 Å². The van der Waals surface area contributed by atoms with Crippen LogP contribution in [0.2, 0.25) is 5.02 Å². The van der Waals surface area contributed by atoms with Crippen LogP contribution in [0.1, 0.15) is 17.3 Å². The lowest BCUT2D eigenvalue weighted by atomic mass is 10.0. The van der Waals surface area contributed by atoms with Crippen molar-refractivity contribution < 1.29 is 9.84 Å². The van der Waals surface area contributed by atoms with Crippen molar-refractivity contribution in [3.63, 3.8) is 0 Å². The van der Waals surface area contributed by atoms with E-state index in [4.69, 9.17) is 21.4 Å². The Labute approximate surface area is 172 Å². The number of aliphatic hydroxyl groups excluding tert-OH is 1. The maximum atomic E-state index is 8.77. The van der Waals surface area contributed by atoms with Gasteiger partial charge in [0.05, 0.1) is 31.6 Å². The zero-order valence-electron chi connectivity index (χ0n) is 15.3. The fraction of sp³-hybridized carbons (Fsp3) is 0.450. The molecule has 0 amide bonds. The van der Waals surface area contributed by atoms with Crippen LogP contribution in [-0.2, 0) is 4.74 Å². The standard InChI is InChI=1S/C20H26ClN3O2.ClH/c21-18-6-4-17(5-7-18)20(19-3-1-2-8-22-19)24-11-9-23(10-12-24)13-15-26-16-14-25;/h1-8,20,25H,9-16H2;1H. The van der Waals surface area contributed by atoms with Gasteiger partial charge in [0.2, 0.25) is 0 Å². The first-order valence-corrected chi connectivity index (χ1v) is 9.47. The molecular formula is C20H27Cl2N3O2. The largest absolute Gasteiger partial charge is 0.394 e. The predicted octanol–water partition coefficient (Wildman–Crippen LogP) is 2.87. The summed E-state index contributed by atoms with van der Waals surface area (Å²) in [6, 6.07) is 14.3. The topological polar surface area (TPSA) is 48.8 Å². The number of hydrogen-bond acceptors (Lipinski definition) is 5. The third kappa shape index (κ3) is 6.42. The molecule has 7 heteroatoms. The van der Waals surface area contributed by atoms with Crippen LogP contribution in [0.4, 0.5) is 0 Å². The highest BCUT2D eigenvalue weighted by Gasteiger charge is 2.27. The van der Waals surface area contributed by atoms with E-state index in [1.165, 1.54) is 5.56 Å². The Kier molecular flexibility index (Phi) is 9.48. The quantitative estimate of drug-likeness (QED) is 0.676. The zero-order valence-corrected chi connectivity index (χ0v) is 16.9. The van der Waals surface area contributed by atoms with Gasteiger partial charge in [-0.05, 0) is 29.8 Å². The Balaban J connectivity index is 0.00000261. The molecule has 1 N–H and O–H groups in total. The molecule has 2 aromatic rings. The molecule has 1 aliphatic rings. The van der Waals surface area contributed by atoms with Gasteiger partial charge in [0, 0.05) is 43.9 Å². The first kappa shape index (κ1) is 22.1. The second kappa shape index (κ2) is 11.6. The van der Waals surface area contributed by atoms with E-state index in [9.17, 15) is 0 Å². The minimum absolute atomic E-state index is 0. The number of halogens is 2. The van der Waals surface area contributed by atoms with Crippen molar-refractivity contribution in [1.29, 1.82) is 0 Å². The van der Waals surface area contributed by atoms with Crippen LogP contribution in [0, 0.1) is 0 Å². The molecule has 0 aliphatic carbocycles. The fourth-order valence-corrected chi connectivity index (χ4v) is 3.48. The van der Waals surface area contributed by atoms with Crippen molar-refractivity contribution in [2.75, 3.05) is 52.5 Å². The molecule has 1 aliphatic heterocycles. The third-order valence-corrected chi connectivity index (χ3v) is 4.97. The molecular weight excluding hydrogens is 385 g/mol. The van der Waals surface area contributed by atoms with Crippen LogP contribution in [0.5, 0.6) is 0 Å². The van der Waals surface area contributed by atoms with E-state index in [0.717, 1.165) is 43.4 Å². The molecule has 1 fully saturated rings. The number of rotatable bonds is 8. The number of benzene rings is 1. The Hall–Kier alpha value is -1.21. The zero-order chi connectivity index (χ0) is 18.2. The van der Waals surface area contributed by atoms with Gasteiger partial charge in [-0.1, -0.05) is 29.8 Å². The second-order valence-corrected chi connectivity index (χ2v) is 6.86. The summed E-state index contributed by atoms with van der Waals surface area (Å²) in [5.41, 5.74) is 2.28. The van der Waals surface area contributed by atoms with Crippen LogP contribution < -0.4 is 0 Å². The van der Waals surface area contributed by atoms with Crippen molar-refractivity contribution in [3.05, 3.63) is 64.9 Å². The number of pyridine rings is 1. The summed E-state index contributed by atoms with van der Waals surface area (Å²) in [4.78, 5) is 9.50. The normalized spacial score (nSPS) is 16.7. The molecule has 1 atom stereocenters. The van der Waals surface area contributed by atoms with E-state index < -0.39 is 0 Å². The number of ether oxygens (including phenoxy) is 1. The molecule has 3 rings (SSSR count). The average molecular weight is 412 g/mol. The smallest absolute Gasteiger partial charge is 0.0777 e. The van der Waals surface area contributed by atoms with E-state index in [1.54, 1.807) is 0 Å². The second-order valence-electron chi connectivity index (χ2n) is 6.42. The SMILES string of the molecule is Cl.OCCOCCN1CCN(C(c2ccc(Cl)cc2)c2ccccn2)CC1. The molecule has 1 aromatic heterocycles. The Morgan fingerprint density at radius 1 is 1.04 bits per heavy atom. The first-order chi connectivity index (χ1) is 12.8. The van der Waals surface area contributed by atoms with Crippen molar-refractivity contribution in [1.82, 2.24) is 14.8 Å². The molecule has 2 heterocycles. The van der Waals surface area contributed by atoms with Gasteiger partial charge < -0.3 is 9.84 Å². The maximum absolute atomic E-state index is 8.77. The van der Waals surface area contributed by atoms with Gasteiger partial charge in [-0.3, -0.25) is 14.8 Å². The summed E-state index contributed by atoms with van der Waals surface area (Å²) in [7, 11) is 0. The average Bonchev–Trinajstić information content (AvgIpc) is 2.69. The molecule has 148 valence electrons. The van der Waals surface area contributed by atoms with E-state index >= 15 is 0 Å². The maximum Gasteiger partial charge on any atom is 0.0777 e. The summed E-state index contributed by atoms with van der Waals surface area (Å²) in [5.74, 6) is 0. The Morgan fingerprint density at radius 2 is 1.78 bits per heavy atom. The van der Waals surface area contributed by atoms with E-state index in [2.05, 4.69) is 33.0 Å². The van der Waals surface area contributed by atoms with Gasteiger partial charge in [0.15, 0.2) is 0 Å². The molecule has 0 spiro atoms. The number of piperazine rings is 1. The van der Waals surface area contributed by atoms with Crippen LogP contribution in [0.15, 0.2) is 48.7 Å². The van der Waals surface area contributed by atoms with Crippen LogP contribution in [0.25, 0.3) is 0 Å². The van der Waals surface area contributed by atoms with Crippen LogP contribution in [-0.4, -0.2) is 72.4 Å². The minimum atomic E-state index is 0. The van der Waals surface area contributed by atoms with Gasteiger partial charge in [-0.15, -0.1) is 12.4 Å². The summed E-state index contributed by atoms with van der Waals surface area (Å²) in [6.07, 6.45) is 1.85. The monoisotopic (exact) mass is 411 g/mol. The molecule has 1 unspecified atom stereocenters. The summed E-state index contributed by atoms with van der Waals surface area (Å²) < 4.78 is 5.38. The van der Waals surface area contributed by atoms with Crippen molar-refractivity contribution in [2.45, 2.75) is 6.04 Å². The van der Waals surface area contributed by atoms with Crippen molar-refractivity contribution >= 4 is 24.0 Å². The minimum Gasteiger partial charge on any atom is -0.394 e. The third-order valence-electron chi connectivity index (χ3n) is 4.71. The highest BCUT2D eigenvalue weighted by molar-refractivity contribution is 6.30. The van der Waals surface area contributed by atoms with Gasteiger partial charge >= 0.3 is 0 Å². The first-order valence-electron chi connectivity index (χ1n) is 9.09. The summed E-state index contributed by atoms with van der Waals surface area (Å²) >= 11 is 6.07. The molecule has 0 radical (unpaired) electrons. The lowest BCUT2D eigenvalue weighted by Gasteiger charge is -2.39. The molecule has 27 heavy (non-hydrogen) atoms. The number of hydrogen-bond donors (Lipinski definition) is 1. The van der Waals surface area contributed by atoms with E-state index in [-0.39, 0.29) is 25.1 Å². The molecule has 1 saturated heterocycles. The lowest BCUT2D eigenvalue weighted by molar-refractivity contribution is 0.0518. The van der Waals surface area contributed by atoms with Crippen molar-refractivity contribution in [2.24, 2.45) is 0 Å². The van der Waals surface area contributed by atoms with Gasteiger partial charge in [-0.2, -0.15) is 0 Å². The van der Waals surface area contributed by atoms with Crippen molar-refractivity contribution in [3.8, 4) is 0 Å². The van der Waals surface area contributed by atoms with Crippen LogP contribution in [0.3, 0.4) is 0 Å². The van der Waals surface area contributed by atoms with Crippen LogP contribution >= 0.6 is 24.0 Å². The molecule has 1 aromatic carbocycles. The Morgan fingerprint density at radius 3 is 2.41 bits per heavy atom. The molecule has 0 saturated carbocycles. The predicted molar refractivity (Wildman–Crippen MR) is 111 cm³/mol. The molecule has 5 nitrogen and oxygen atoms in total. The highest BCUT2D eigenvalue weighted by Crippen LogP contribution is 2.29. The summed E-state index contributed by atoms with van der Waals surface area (Å²) in [5, 5.41) is 9.52. The summed E-state index contributed by atoms with van der Waals surface area (Å²) in [6.45, 7) is 6.02. The molecule has 0 bridgehead atoms.